The lowest BCUT2D eigenvalue weighted by Gasteiger charge is -2.16. The molecule has 0 bridgehead atoms. The van der Waals surface area contributed by atoms with E-state index in [9.17, 15) is 24.5 Å². The van der Waals surface area contributed by atoms with Crippen LogP contribution in [0.5, 0.6) is 0 Å². The van der Waals surface area contributed by atoms with Gasteiger partial charge >= 0.3 is 5.97 Å². The number of non-ortho nitro benzene ring substituents is 1. The molecule has 2 aromatic carbocycles. The van der Waals surface area contributed by atoms with Crippen LogP contribution in [0.15, 0.2) is 54.6 Å². The highest BCUT2D eigenvalue weighted by atomic mass is 16.6. The van der Waals surface area contributed by atoms with Gasteiger partial charge in [0, 0.05) is 24.2 Å². The summed E-state index contributed by atoms with van der Waals surface area (Å²) in [7, 11) is 1.23. The summed E-state index contributed by atoms with van der Waals surface area (Å²) in [5.41, 5.74) is 1.10. The highest BCUT2D eigenvalue weighted by molar-refractivity contribution is 5.92. The Bertz CT molecular complexity index is 885. The summed E-state index contributed by atoms with van der Waals surface area (Å²) in [6.45, 7) is -0.845. The summed E-state index contributed by atoms with van der Waals surface area (Å²) in [5.74, 6) is -1.71. The molecule has 10 heteroatoms. The maximum Gasteiger partial charge on any atom is 0.328 e. The smallest absolute Gasteiger partial charge is 0.328 e. The molecule has 2 N–H and O–H groups in total. The van der Waals surface area contributed by atoms with Crippen molar-refractivity contribution in [1.82, 2.24) is 5.32 Å². The van der Waals surface area contributed by atoms with E-state index in [4.69, 9.17) is 9.47 Å². The maximum absolute atomic E-state index is 12.1. The number of hydrogen-bond donors (Lipinski definition) is 2. The molecule has 1 atom stereocenters. The topological polar surface area (TPSA) is 137 Å². The minimum absolute atomic E-state index is 0.100. The van der Waals surface area contributed by atoms with Gasteiger partial charge in [0.25, 0.3) is 5.69 Å². The average Bonchev–Trinajstić information content (AvgIpc) is 2.73. The van der Waals surface area contributed by atoms with Crippen molar-refractivity contribution in [2.45, 2.75) is 12.5 Å². The number of esters is 1. The average molecular weight is 415 g/mol. The zero-order valence-corrected chi connectivity index (χ0v) is 16.2. The molecule has 0 aliphatic carbocycles. The van der Waals surface area contributed by atoms with Crippen LogP contribution in [0.4, 0.5) is 11.4 Å². The fraction of sp³-hybridized carbons (Fsp3) is 0.250. The van der Waals surface area contributed by atoms with E-state index in [1.807, 2.05) is 30.3 Å². The molecule has 0 saturated carbocycles. The summed E-state index contributed by atoms with van der Waals surface area (Å²) in [6.07, 6.45) is 0.250. The number of ether oxygens (including phenoxy) is 2. The van der Waals surface area contributed by atoms with Crippen LogP contribution in [-0.2, 0) is 30.3 Å². The van der Waals surface area contributed by atoms with Crippen molar-refractivity contribution in [3.05, 3.63) is 70.3 Å². The fourth-order valence-electron chi connectivity index (χ4n) is 2.52. The normalized spacial score (nSPS) is 11.2. The van der Waals surface area contributed by atoms with Crippen molar-refractivity contribution in [2.24, 2.45) is 0 Å². The Hall–Kier alpha value is -3.79. The largest absolute Gasteiger partial charge is 0.467 e. The van der Waals surface area contributed by atoms with Crippen LogP contribution in [-0.4, -0.2) is 49.1 Å². The lowest BCUT2D eigenvalue weighted by atomic mass is 10.1. The van der Waals surface area contributed by atoms with Gasteiger partial charge in [0.15, 0.2) is 0 Å². The van der Waals surface area contributed by atoms with Gasteiger partial charge in [-0.3, -0.25) is 19.7 Å². The van der Waals surface area contributed by atoms with Gasteiger partial charge in [0.05, 0.1) is 12.0 Å². The van der Waals surface area contributed by atoms with Crippen LogP contribution >= 0.6 is 0 Å². The number of hydrogen-bond acceptors (Lipinski definition) is 7. The lowest BCUT2D eigenvalue weighted by molar-refractivity contribution is -0.384. The summed E-state index contributed by atoms with van der Waals surface area (Å²) < 4.78 is 9.79. The summed E-state index contributed by atoms with van der Waals surface area (Å²) in [4.78, 5) is 45.9. The van der Waals surface area contributed by atoms with E-state index in [2.05, 4.69) is 10.6 Å². The van der Waals surface area contributed by atoms with Crippen molar-refractivity contribution in [1.29, 1.82) is 0 Å². The Morgan fingerprint density at radius 3 is 2.23 bits per heavy atom. The Morgan fingerprint density at radius 2 is 1.63 bits per heavy atom. The van der Waals surface area contributed by atoms with E-state index in [1.54, 1.807) is 0 Å². The zero-order valence-electron chi connectivity index (χ0n) is 16.2. The second-order valence-corrected chi connectivity index (χ2v) is 6.18. The number of methoxy groups -OCH3 is 1. The van der Waals surface area contributed by atoms with Gasteiger partial charge in [-0.15, -0.1) is 0 Å². The number of nitro groups is 1. The van der Waals surface area contributed by atoms with E-state index in [1.165, 1.54) is 31.4 Å². The first kappa shape index (κ1) is 22.5. The van der Waals surface area contributed by atoms with Gasteiger partial charge in [-0.1, -0.05) is 30.3 Å². The molecular weight excluding hydrogens is 394 g/mol. The van der Waals surface area contributed by atoms with E-state index < -0.39 is 42.0 Å². The molecule has 0 aromatic heterocycles. The molecule has 2 aromatic rings. The SMILES string of the molecule is COC(=O)[C@@H](Cc1ccccc1)NC(=O)COCC(=O)Nc1ccc([N+](=O)[O-])cc1. The van der Waals surface area contributed by atoms with Crippen LogP contribution in [0.1, 0.15) is 5.56 Å². The van der Waals surface area contributed by atoms with Gasteiger partial charge in [0.2, 0.25) is 11.8 Å². The van der Waals surface area contributed by atoms with E-state index in [0.29, 0.717) is 5.69 Å². The fourth-order valence-corrected chi connectivity index (χ4v) is 2.52. The standard InChI is InChI=1S/C20H21N3O7/c1-29-20(26)17(11-14-5-3-2-4-6-14)22-19(25)13-30-12-18(24)21-15-7-9-16(10-8-15)23(27)28/h2-10,17H,11-13H2,1H3,(H,21,24)(H,22,25)/t17-/m1/s1. The number of carbonyl (C=O) groups excluding carboxylic acids is 3. The number of amides is 2. The molecule has 0 radical (unpaired) electrons. The molecule has 0 spiro atoms. The first-order chi connectivity index (χ1) is 14.4. The predicted octanol–water partition coefficient (Wildman–Crippen LogP) is 1.45. The van der Waals surface area contributed by atoms with Gasteiger partial charge < -0.3 is 20.1 Å². The lowest BCUT2D eigenvalue weighted by Crippen LogP contribution is -2.44. The second-order valence-electron chi connectivity index (χ2n) is 6.18. The highest BCUT2D eigenvalue weighted by Gasteiger charge is 2.22. The molecule has 2 amide bonds. The van der Waals surface area contributed by atoms with E-state index in [-0.39, 0.29) is 12.1 Å². The molecule has 0 aliphatic rings. The van der Waals surface area contributed by atoms with Crippen molar-refractivity contribution in [3.8, 4) is 0 Å². The Labute approximate surface area is 172 Å². The van der Waals surface area contributed by atoms with Crippen LogP contribution in [0.3, 0.4) is 0 Å². The predicted molar refractivity (Wildman–Crippen MR) is 107 cm³/mol. The van der Waals surface area contributed by atoms with Crippen LogP contribution in [0.2, 0.25) is 0 Å². The number of anilines is 1. The minimum atomic E-state index is -0.887. The molecule has 158 valence electrons. The summed E-state index contributed by atoms with van der Waals surface area (Å²) >= 11 is 0. The molecule has 0 unspecified atom stereocenters. The minimum Gasteiger partial charge on any atom is -0.467 e. The molecule has 0 heterocycles. The van der Waals surface area contributed by atoms with Crippen LogP contribution in [0, 0.1) is 10.1 Å². The first-order valence-corrected chi connectivity index (χ1v) is 8.92. The van der Waals surface area contributed by atoms with Crippen LogP contribution < -0.4 is 10.6 Å². The second kappa shape index (κ2) is 11.3. The van der Waals surface area contributed by atoms with E-state index in [0.717, 1.165) is 5.56 Å². The third kappa shape index (κ3) is 7.32. The Kier molecular flexibility index (Phi) is 8.45. The van der Waals surface area contributed by atoms with Crippen LogP contribution in [0.25, 0.3) is 0 Å². The van der Waals surface area contributed by atoms with Crippen molar-refractivity contribution < 1.29 is 28.8 Å². The summed E-state index contributed by atoms with van der Waals surface area (Å²) in [6, 6.07) is 13.5. The quantitative estimate of drug-likeness (QED) is 0.340. The molecule has 0 aliphatic heterocycles. The third-order valence-electron chi connectivity index (χ3n) is 3.93. The van der Waals surface area contributed by atoms with Crippen molar-refractivity contribution in [3.63, 3.8) is 0 Å². The molecule has 10 nitrogen and oxygen atoms in total. The number of carbonyl (C=O) groups is 3. The van der Waals surface area contributed by atoms with Gasteiger partial charge in [0.1, 0.15) is 19.3 Å². The molecule has 2 rings (SSSR count). The third-order valence-corrected chi connectivity index (χ3v) is 3.93. The van der Waals surface area contributed by atoms with Crippen molar-refractivity contribution >= 4 is 29.2 Å². The number of nitro benzene ring substituents is 1. The maximum atomic E-state index is 12.1. The first-order valence-electron chi connectivity index (χ1n) is 8.92. The van der Waals surface area contributed by atoms with Gasteiger partial charge in [-0.2, -0.15) is 0 Å². The van der Waals surface area contributed by atoms with Crippen molar-refractivity contribution in [2.75, 3.05) is 25.6 Å². The molecular formula is C20H21N3O7. The zero-order chi connectivity index (χ0) is 21.9. The molecule has 30 heavy (non-hydrogen) atoms. The molecule has 0 saturated heterocycles. The number of nitrogens with one attached hydrogen (secondary N) is 2. The highest BCUT2D eigenvalue weighted by Crippen LogP contribution is 2.15. The van der Waals surface area contributed by atoms with Gasteiger partial charge in [-0.05, 0) is 17.7 Å². The van der Waals surface area contributed by atoms with Gasteiger partial charge in [-0.25, -0.2) is 4.79 Å². The summed E-state index contributed by atoms with van der Waals surface area (Å²) in [5, 5.41) is 15.6. The Balaban J connectivity index is 1.78. The van der Waals surface area contributed by atoms with E-state index >= 15 is 0 Å². The number of nitrogens with zero attached hydrogens (tertiary/aromatic N) is 1. The number of rotatable bonds is 10. The number of benzene rings is 2. The Morgan fingerprint density at radius 1 is 1.00 bits per heavy atom. The molecule has 0 fully saturated rings. The monoisotopic (exact) mass is 415 g/mol.